The van der Waals surface area contributed by atoms with E-state index in [1.807, 2.05) is 31.2 Å². The van der Waals surface area contributed by atoms with Crippen molar-refractivity contribution in [1.29, 1.82) is 0 Å². The summed E-state index contributed by atoms with van der Waals surface area (Å²) in [4.78, 5) is 13.5. The van der Waals surface area contributed by atoms with Crippen LogP contribution in [0.25, 0.3) is 0 Å². The number of hydrogen-bond donors (Lipinski definition) is 1. The first-order valence-electron chi connectivity index (χ1n) is 5.24. The Morgan fingerprint density at radius 1 is 1.41 bits per heavy atom. The Bertz CT molecular complexity index is 356. The highest BCUT2D eigenvalue weighted by Crippen LogP contribution is 2.12. The van der Waals surface area contributed by atoms with Gasteiger partial charge in [0.05, 0.1) is 0 Å². The summed E-state index contributed by atoms with van der Waals surface area (Å²) >= 11 is 3.38. The van der Waals surface area contributed by atoms with Crippen molar-refractivity contribution in [3.05, 3.63) is 34.3 Å². The quantitative estimate of drug-likeness (QED) is 0.926. The second-order valence-corrected chi connectivity index (χ2v) is 4.87. The summed E-state index contributed by atoms with van der Waals surface area (Å²) in [6.45, 7) is 2.86. The van der Waals surface area contributed by atoms with E-state index < -0.39 is 0 Å². The predicted molar refractivity (Wildman–Crippen MR) is 76.1 cm³/mol. The summed E-state index contributed by atoms with van der Waals surface area (Å²) in [6.07, 6.45) is 0. The van der Waals surface area contributed by atoms with E-state index in [2.05, 4.69) is 15.9 Å². The molecule has 1 aromatic rings. The van der Waals surface area contributed by atoms with Crippen LogP contribution in [0.4, 0.5) is 0 Å². The second-order valence-electron chi connectivity index (χ2n) is 3.96. The van der Waals surface area contributed by atoms with E-state index >= 15 is 0 Å². The van der Waals surface area contributed by atoms with Crippen LogP contribution in [0.2, 0.25) is 0 Å². The molecule has 0 bridgehead atoms. The van der Waals surface area contributed by atoms with E-state index in [4.69, 9.17) is 5.73 Å². The molecule has 96 valence electrons. The number of carbonyl (C=O) groups excluding carboxylic acids is 1. The van der Waals surface area contributed by atoms with Gasteiger partial charge in [0.25, 0.3) is 0 Å². The summed E-state index contributed by atoms with van der Waals surface area (Å²) in [7, 11) is 1.80. The van der Waals surface area contributed by atoms with E-state index in [-0.39, 0.29) is 24.2 Å². The van der Waals surface area contributed by atoms with Crippen LogP contribution in [0, 0.1) is 5.92 Å². The lowest BCUT2D eigenvalue weighted by atomic mass is 10.1. The highest BCUT2D eigenvalue weighted by atomic mass is 79.9. The Morgan fingerprint density at radius 2 is 1.94 bits per heavy atom. The topological polar surface area (TPSA) is 46.3 Å². The minimum absolute atomic E-state index is 0. The number of nitrogens with two attached hydrogens (primary N) is 1. The van der Waals surface area contributed by atoms with Crippen molar-refractivity contribution in [2.45, 2.75) is 13.5 Å². The van der Waals surface area contributed by atoms with Crippen molar-refractivity contribution in [3.63, 3.8) is 0 Å². The number of hydrogen-bond acceptors (Lipinski definition) is 2. The molecule has 0 fully saturated rings. The van der Waals surface area contributed by atoms with Crippen molar-refractivity contribution >= 4 is 34.2 Å². The predicted octanol–water partition coefficient (Wildman–Crippen LogP) is 2.42. The Kier molecular flexibility index (Phi) is 7.43. The molecule has 0 aliphatic heterocycles. The largest absolute Gasteiger partial charge is 0.341 e. The third-order valence-electron chi connectivity index (χ3n) is 2.48. The molecule has 1 unspecified atom stereocenters. The van der Waals surface area contributed by atoms with Gasteiger partial charge in [-0.1, -0.05) is 35.0 Å². The number of rotatable bonds is 4. The van der Waals surface area contributed by atoms with Crippen LogP contribution in [0.3, 0.4) is 0 Å². The van der Waals surface area contributed by atoms with Crippen molar-refractivity contribution in [3.8, 4) is 0 Å². The van der Waals surface area contributed by atoms with Crippen LogP contribution in [-0.2, 0) is 11.3 Å². The maximum atomic E-state index is 11.8. The third kappa shape index (κ3) is 5.06. The van der Waals surface area contributed by atoms with Gasteiger partial charge in [-0.25, -0.2) is 0 Å². The lowest BCUT2D eigenvalue weighted by molar-refractivity contribution is -0.133. The van der Waals surface area contributed by atoms with Gasteiger partial charge in [0.1, 0.15) is 0 Å². The Labute approximate surface area is 117 Å². The van der Waals surface area contributed by atoms with Gasteiger partial charge in [-0.15, -0.1) is 12.4 Å². The first kappa shape index (κ1) is 16.4. The van der Waals surface area contributed by atoms with E-state index in [1.165, 1.54) is 0 Å². The molecule has 3 nitrogen and oxygen atoms in total. The maximum absolute atomic E-state index is 11.8. The van der Waals surface area contributed by atoms with Gasteiger partial charge < -0.3 is 10.6 Å². The molecule has 0 aliphatic carbocycles. The number of nitrogens with zero attached hydrogens (tertiary/aromatic N) is 1. The van der Waals surface area contributed by atoms with Crippen molar-refractivity contribution < 1.29 is 4.79 Å². The number of amides is 1. The molecule has 0 aliphatic rings. The first-order chi connectivity index (χ1) is 7.54. The minimum atomic E-state index is -0.111. The molecule has 0 saturated carbocycles. The highest BCUT2D eigenvalue weighted by Gasteiger charge is 2.15. The summed E-state index contributed by atoms with van der Waals surface area (Å²) in [5, 5.41) is 0. The molecule has 0 saturated heterocycles. The molecular formula is C12H18BrClN2O. The molecule has 0 radical (unpaired) electrons. The van der Waals surface area contributed by atoms with E-state index in [9.17, 15) is 4.79 Å². The smallest absolute Gasteiger partial charge is 0.226 e. The van der Waals surface area contributed by atoms with E-state index in [0.717, 1.165) is 10.0 Å². The molecule has 1 amide bonds. The zero-order valence-corrected chi connectivity index (χ0v) is 12.4. The average Bonchev–Trinajstić information content (AvgIpc) is 2.30. The van der Waals surface area contributed by atoms with E-state index in [1.54, 1.807) is 11.9 Å². The molecule has 17 heavy (non-hydrogen) atoms. The van der Waals surface area contributed by atoms with Gasteiger partial charge in [0.2, 0.25) is 5.91 Å². The Balaban J connectivity index is 0.00000256. The summed E-state index contributed by atoms with van der Waals surface area (Å²) in [6, 6.07) is 7.95. The van der Waals surface area contributed by atoms with Gasteiger partial charge >= 0.3 is 0 Å². The number of carbonyl (C=O) groups is 1. The molecule has 1 atom stereocenters. The molecule has 5 heteroatoms. The Morgan fingerprint density at radius 3 is 2.41 bits per heavy atom. The second kappa shape index (κ2) is 7.69. The van der Waals surface area contributed by atoms with Crippen LogP contribution in [-0.4, -0.2) is 24.4 Å². The van der Waals surface area contributed by atoms with Crippen LogP contribution in [0.5, 0.6) is 0 Å². The fraction of sp³-hybridized carbons (Fsp3) is 0.417. The number of halogens is 2. The molecule has 1 rings (SSSR count). The number of benzene rings is 1. The van der Waals surface area contributed by atoms with Gasteiger partial charge in [-0.05, 0) is 17.7 Å². The molecule has 1 aromatic carbocycles. The lowest BCUT2D eigenvalue weighted by Gasteiger charge is -2.20. The van der Waals surface area contributed by atoms with Gasteiger partial charge in [-0.3, -0.25) is 4.79 Å². The SMILES string of the molecule is CC(CN)C(=O)N(C)Cc1ccc(Br)cc1.Cl. The monoisotopic (exact) mass is 320 g/mol. The highest BCUT2D eigenvalue weighted by molar-refractivity contribution is 9.10. The molecule has 0 aromatic heterocycles. The van der Waals surface area contributed by atoms with Crippen molar-refractivity contribution in [2.75, 3.05) is 13.6 Å². The normalized spacial score (nSPS) is 11.5. The van der Waals surface area contributed by atoms with Gasteiger partial charge in [0, 0.05) is 30.5 Å². The van der Waals surface area contributed by atoms with Crippen LogP contribution in [0.1, 0.15) is 12.5 Å². The zero-order valence-electron chi connectivity index (χ0n) is 10.0. The Hall–Kier alpha value is -0.580. The van der Waals surface area contributed by atoms with E-state index in [0.29, 0.717) is 13.1 Å². The fourth-order valence-corrected chi connectivity index (χ4v) is 1.68. The fourth-order valence-electron chi connectivity index (χ4n) is 1.42. The maximum Gasteiger partial charge on any atom is 0.226 e. The molecule has 0 heterocycles. The van der Waals surface area contributed by atoms with Crippen LogP contribution in [0.15, 0.2) is 28.7 Å². The van der Waals surface area contributed by atoms with Crippen molar-refractivity contribution in [1.82, 2.24) is 4.90 Å². The molecule has 2 N–H and O–H groups in total. The zero-order chi connectivity index (χ0) is 12.1. The minimum Gasteiger partial charge on any atom is -0.341 e. The van der Waals surface area contributed by atoms with Gasteiger partial charge in [0.15, 0.2) is 0 Å². The summed E-state index contributed by atoms with van der Waals surface area (Å²) < 4.78 is 1.04. The van der Waals surface area contributed by atoms with Crippen LogP contribution >= 0.6 is 28.3 Å². The van der Waals surface area contributed by atoms with Gasteiger partial charge in [-0.2, -0.15) is 0 Å². The third-order valence-corrected chi connectivity index (χ3v) is 3.01. The van der Waals surface area contributed by atoms with Crippen molar-refractivity contribution in [2.24, 2.45) is 11.7 Å². The summed E-state index contributed by atoms with van der Waals surface area (Å²) in [5.41, 5.74) is 6.58. The first-order valence-corrected chi connectivity index (χ1v) is 6.03. The standard InChI is InChI=1S/C12H17BrN2O.ClH/c1-9(7-14)12(16)15(2)8-10-3-5-11(13)6-4-10;/h3-6,9H,7-8,14H2,1-2H3;1H. The molecule has 0 spiro atoms. The summed E-state index contributed by atoms with van der Waals surface area (Å²) in [5.74, 6) is -0.0223. The molecular weight excluding hydrogens is 304 g/mol. The van der Waals surface area contributed by atoms with Crippen LogP contribution < -0.4 is 5.73 Å². The lowest BCUT2D eigenvalue weighted by Crippen LogP contribution is -2.34. The average molecular weight is 322 g/mol.